The van der Waals surface area contributed by atoms with E-state index in [-0.39, 0.29) is 4.90 Å². The fourth-order valence-corrected chi connectivity index (χ4v) is 1.06. The van der Waals surface area contributed by atoms with Crippen molar-refractivity contribution in [2.75, 3.05) is 13.1 Å². The quantitative estimate of drug-likeness (QED) is 0.549. The number of hydrogen-bond donors (Lipinski definition) is 0. The largest absolute Gasteiger partial charge is 0.483 e. The van der Waals surface area contributed by atoms with E-state index in [1.165, 1.54) is 0 Å². The van der Waals surface area contributed by atoms with Gasteiger partial charge in [-0.3, -0.25) is 4.74 Å². The molecule has 0 aromatic rings. The number of alkyl halides is 8. The Morgan fingerprint density at radius 2 is 1.33 bits per heavy atom. The Morgan fingerprint density at radius 1 is 0.944 bits per heavy atom. The van der Waals surface area contributed by atoms with Crippen LogP contribution in [0.4, 0.5) is 35.1 Å². The van der Waals surface area contributed by atoms with Crippen molar-refractivity contribution in [1.82, 2.24) is 4.90 Å². The molecule has 0 heterocycles. The van der Waals surface area contributed by atoms with Crippen molar-refractivity contribution >= 4 is 0 Å². The normalized spacial score (nSPS) is 16.2. The molecule has 110 valence electrons. The molecular weight excluding hydrogens is 278 g/mol. The second-order valence-electron chi connectivity index (χ2n) is 3.21. The third-order valence-electron chi connectivity index (χ3n) is 2.04. The smallest absolute Gasteiger partial charge is 0.271 e. The summed E-state index contributed by atoms with van der Waals surface area (Å²) in [5.41, 5.74) is 0. The second-order valence-corrected chi connectivity index (χ2v) is 3.21. The number of halogens is 8. The molecule has 10 heteroatoms. The van der Waals surface area contributed by atoms with Gasteiger partial charge in [-0.1, -0.05) is 13.8 Å². The lowest BCUT2D eigenvalue weighted by atomic mass is 10.4. The van der Waals surface area contributed by atoms with Gasteiger partial charge in [-0.15, -0.1) is 0 Å². The summed E-state index contributed by atoms with van der Waals surface area (Å²) in [6.45, 7) is 1.41. The van der Waals surface area contributed by atoms with Gasteiger partial charge >= 0.3 is 18.3 Å². The van der Waals surface area contributed by atoms with Crippen LogP contribution in [0.5, 0.6) is 0 Å². The van der Waals surface area contributed by atoms with Gasteiger partial charge in [0.05, 0.1) is 0 Å². The number of likely N-dealkylation sites (N-methyl/N-ethyl adjacent to an activating group) is 1. The Kier molecular flexibility index (Phi) is 5.36. The highest BCUT2D eigenvalue weighted by Gasteiger charge is 2.63. The minimum Gasteiger partial charge on any atom is -0.271 e. The summed E-state index contributed by atoms with van der Waals surface area (Å²) in [6, 6.07) is -4.59. The molecule has 0 rings (SSSR count). The molecule has 0 aromatic heterocycles. The van der Waals surface area contributed by atoms with Crippen molar-refractivity contribution in [2.24, 2.45) is 0 Å². The first-order valence-corrected chi connectivity index (χ1v) is 4.79. The maximum atomic E-state index is 13.1. The zero-order valence-corrected chi connectivity index (χ0v) is 9.37. The van der Waals surface area contributed by atoms with Gasteiger partial charge in [0.1, 0.15) is 0 Å². The predicted octanol–water partition coefficient (Wildman–Crippen LogP) is 3.39. The van der Waals surface area contributed by atoms with Crippen LogP contribution in [0.25, 0.3) is 0 Å². The van der Waals surface area contributed by atoms with Crippen LogP contribution >= 0.6 is 0 Å². The molecule has 0 aliphatic heterocycles. The summed E-state index contributed by atoms with van der Waals surface area (Å²) in [4.78, 5) is 0.0596. The van der Waals surface area contributed by atoms with E-state index in [1.807, 2.05) is 0 Å². The Hall–Kier alpha value is -0.640. The van der Waals surface area contributed by atoms with Crippen LogP contribution in [0.1, 0.15) is 13.8 Å². The maximum Gasteiger partial charge on any atom is 0.483 e. The molecule has 0 amide bonds. The van der Waals surface area contributed by atoms with Gasteiger partial charge in [-0.2, -0.15) is 30.7 Å². The van der Waals surface area contributed by atoms with Crippen LogP contribution in [0, 0.1) is 0 Å². The van der Waals surface area contributed by atoms with Crippen molar-refractivity contribution in [3.8, 4) is 0 Å². The second kappa shape index (κ2) is 5.55. The molecule has 1 unspecified atom stereocenters. The lowest BCUT2D eigenvalue weighted by molar-refractivity contribution is -0.437. The molecule has 0 spiro atoms. The monoisotopic (exact) mass is 289 g/mol. The summed E-state index contributed by atoms with van der Waals surface area (Å²) in [7, 11) is 0. The lowest BCUT2D eigenvalue weighted by Crippen LogP contribution is -2.53. The maximum absolute atomic E-state index is 13.1. The molecule has 18 heavy (non-hydrogen) atoms. The van der Waals surface area contributed by atoms with E-state index in [2.05, 4.69) is 4.74 Å². The van der Waals surface area contributed by atoms with Gasteiger partial charge in [0.25, 0.3) is 6.36 Å². The van der Waals surface area contributed by atoms with Crippen molar-refractivity contribution in [2.45, 2.75) is 38.5 Å². The molecule has 0 aromatic carbocycles. The van der Waals surface area contributed by atoms with E-state index in [4.69, 9.17) is 0 Å². The number of hydrogen-bond acceptors (Lipinski definition) is 2. The Morgan fingerprint density at radius 3 is 1.61 bits per heavy atom. The average Bonchev–Trinajstić information content (AvgIpc) is 2.16. The SMILES string of the molecule is CCN(CC)C(F)(F)C(F)OC(F)(F)C(F)(F)F. The topological polar surface area (TPSA) is 12.5 Å². The first-order valence-electron chi connectivity index (χ1n) is 4.79. The Bertz CT molecular complexity index is 262. The minimum absolute atomic E-state index is 0.0596. The summed E-state index contributed by atoms with van der Waals surface area (Å²) < 4.78 is 101. The minimum atomic E-state index is -6.27. The van der Waals surface area contributed by atoms with E-state index < -0.39 is 37.8 Å². The fraction of sp³-hybridized carbons (Fsp3) is 1.00. The highest BCUT2D eigenvalue weighted by atomic mass is 19.4. The molecule has 0 aliphatic rings. The molecule has 2 nitrogen and oxygen atoms in total. The number of ether oxygens (including phenoxy) is 1. The standard InChI is InChI=1S/C8H11F8NO/c1-3-17(4-2)6(10,11)5(9)18-8(15,16)7(12,13)14/h5H,3-4H2,1-2H3. The zero-order chi connectivity index (χ0) is 14.8. The van der Waals surface area contributed by atoms with Gasteiger partial charge in [-0.05, 0) is 0 Å². The molecular formula is C8H11F8NO. The lowest BCUT2D eigenvalue weighted by Gasteiger charge is -2.32. The van der Waals surface area contributed by atoms with E-state index >= 15 is 0 Å². The molecule has 0 bridgehead atoms. The Labute approximate surface area is 97.5 Å². The van der Waals surface area contributed by atoms with E-state index in [9.17, 15) is 35.1 Å². The van der Waals surface area contributed by atoms with Gasteiger partial charge < -0.3 is 0 Å². The van der Waals surface area contributed by atoms with Crippen LogP contribution in [-0.2, 0) is 4.74 Å². The van der Waals surface area contributed by atoms with Crippen molar-refractivity contribution in [3.05, 3.63) is 0 Å². The van der Waals surface area contributed by atoms with Crippen molar-refractivity contribution in [1.29, 1.82) is 0 Å². The van der Waals surface area contributed by atoms with Crippen LogP contribution < -0.4 is 0 Å². The highest BCUT2D eigenvalue weighted by molar-refractivity contribution is 4.74. The average molecular weight is 289 g/mol. The number of nitrogens with zero attached hydrogens (tertiary/aromatic N) is 1. The first-order chi connectivity index (χ1) is 7.90. The van der Waals surface area contributed by atoms with E-state index in [1.54, 1.807) is 0 Å². The molecule has 0 fully saturated rings. The molecule has 1 atom stereocenters. The van der Waals surface area contributed by atoms with E-state index in [0.29, 0.717) is 0 Å². The summed E-state index contributed by atoms with van der Waals surface area (Å²) in [5, 5.41) is 0. The first kappa shape index (κ1) is 17.4. The van der Waals surface area contributed by atoms with Gasteiger partial charge in [-0.25, -0.2) is 9.29 Å². The van der Waals surface area contributed by atoms with Crippen molar-refractivity contribution < 1.29 is 39.9 Å². The molecule has 0 aliphatic carbocycles. The van der Waals surface area contributed by atoms with E-state index in [0.717, 1.165) is 13.8 Å². The van der Waals surface area contributed by atoms with Crippen molar-refractivity contribution in [3.63, 3.8) is 0 Å². The van der Waals surface area contributed by atoms with Gasteiger partial charge in [0.15, 0.2) is 0 Å². The zero-order valence-electron chi connectivity index (χ0n) is 9.37. The van der Waals surface area contributed by atoms with Crippen LogP contribution in [0.15, 0.2) is 0 Å². The Balaban J connectivity index is 4.91. The van der Waals surface area contributed by atoms with Gasteiger partial charge in [0.2, 0.25) is 0 Å². The third-order valence-corrected chi connectivity index (χ3v) is 2.04. The number of rotatable bonds is 6. The molecule has 0 saturated carbocycles. The summed E-state index contributed by atoms with van der Waals surface area (Å²) >= 11 is 0. The third kappa shape index (κ3) is 3.67. The highest BCUT2D eigenvalue weighted by Crippen LogP contribution is 2.40. The predicted molar refractivity (Wildman–Crippen MR) is 44.9 cm³/mol. The summed E-state index contributed by atoms with van der Waals surface area (Å²) in [6.07, 6.45) is -16.4. The van der Waals surface area contributed by atoms with Crippen LogP contribution in [0.3, 0.4) is 0 Å². The molecule has 0 radical (unpaired) electrons. The van der Waals surface area contributed by atoms with Crippen LogP contribution in [0.2, 0.25) is 0 Å². The fourth-order valence-electron chi connectivity index (χ4n) is 1.06. The van der Waals surface area contributed by atoms with Crippen LogP contribution in [-0.4, -0.2) is 42.7 Å². The summed E-state index contributed by atoms with van der Waals surface area (Å²) in [5.74, 6) is 0. The molecule has 0 N–H and O–H groups in total. The van der Waals surface area contributed by atoms with Gasteiger partial charge in [0, 0.05) is 13.1 Å². The molecule has 0 saturated heterocycles.